The highest BCUT2D eigenvalue weighted by Gasteiger charge is 2.46. The summed E-state index contributed by atoms with van der Waals surface area (Å²) >= 11 is 0. The fraction of sp³-hybridized carbons (Fsp3) is 0.391. The van der Waals surface area contributed by atoms with Crippen LogP contribution >= 0.6 is 0 Å². The number of benzene rings is 2. The molecule has 0 aliphatic carbocycles. The van der Waals surface area contributed by atoms with Crippen LogP contribution in [0.3, 0.4) is 0 Å². The molecule has 9 nitrogen and oxygen atoms in total. The Morgan fingerprint density at radius 1 is 1.09 bits per heavy atom. The standard InChI is InChI=1S/C23H25N3O6/c27-13-21-19-15-30-20-12-17(6-7-18(20)26(19)23(29)32-21)24-8-10-25(11-9-24)22(28)31-14-16-4-2-1-3-5-16/h1-7,12,19,21,27H,8-11,13-15H2/t19-,21-/m0/s1. The third kappa shape index (κ3) is 3.80. The van der Waals surface area contributed by atoms with Crippen molar-refractivity contribution in [2.45, 2.75) is 18.8 Å². The van der Waals surface area contributed by atoms with Crippen molar-refractivity contribution in [1.82, 2.24) is 4.90 Å². The minimum absolute atomic E-state index is 0.234. The molecule has 0 radical (unpaired) electrons. The van der Waals surface area contributed by atoms with Gasteiger partial charge in [-0.05, 0) is 17.7 Å². The van der Waals surface area contributed by atoms with Crippen LogP contribution in [0.15, 0.2) is 48.5 Å². The van der Waals surface area contributed by atoms with Gasteiger partial charge in [0.15, 0.2) is 6.10 Å². The lowest BCUT2D eigenvalue weighted by Gasteiger charge is -2.36. The normalized spacial score (nSPS) is 22.0. The Balaban J connectivity index is 1.20. The molecule has 3 heterocycles. The van der Waals surface area contributed by atoms with E-state index in [-0.39, 0.29) is 32.0 Å². The second-order valence-corrected chi connectivity index (χ2v) is 8.02. The van der Waals surface area contributed by atoms with Gasteiger partial charge in [0.25, 0.3) is 0 Å². The number of carbonyl (C=O) groups is 2. The third-order valence-corrected chi connectivity index (χ3v) is 6.11. The molecule has 32 heavy (non-hydrogen) atoms. The number of carbonyl (C=O) groups excluding carboxylic acids is 2. The summed E-state index contributed by atoms with van der Waals surface area (Å²) < 4.78 is 16.6. The summed E-state index contributed by atoms with van der Waals surface area (Å²) in [6, 6.07) is 15.0. The molecule has 3 aliphatic rings. The van der Waals surface area contributed by atoms with Gasteiger partial charge < -0.3 is 29.1 Å². The molecule has 2 fully saturated rings. The first-order valence-electron chi connectivity index (χ1n) is 10.7. The summed E-state index contributed by atoms with van der Waals surface area (Å²) in [5.41, 5.74) is 2.57. The Kier molecular flexibility index (Phi) is 5.48. The number of fused-ring (bicyclic) bond motifs is 3. The molecule has 2 amide bonds. The van der Waals surface area contributed by atoms with Crippen molar-refractivity contribution >= 4 is 23.6 Å². The predicted octanol–water partition coefficient (Wildman–Crippen LogP) is 2.22. The molecule has 0 spiro atoms. The lowest BCUT2D eigenvalue weighted by molar-refractivity contribution is 0.0734. The van der Waals surface area contributed by atoms with Gasteiger partial charge in [0.2, 0.25) is 0 Å². The lowest BCUT2D eigenvalue weighted by atomic mass is 10.1. The summed E-state index contributed by atoms with van der Waals surface area (Å²) in [7, 11) is 0. The number of piperazine rings is 1. The van der Waals surface area contributed by atoms with Crippen LogP contribution in [0.1, 0.15) is 5.56 Å². The number of nitrogens with zero attached hydrogens (tertiary/aromatic N) is 3. The first-order chi connectivity index (χ1) is 15.6. The number of aliphatic hydroxyl groups is 1. The number of amides is 2. The van der Waals surface area contributed by atoms with Crippen LogP contribution < -0.4 is 14.5 Å². The Bertz CT molecular complexity index is 992. The fourth-order valence-electron chi connectivity index (χ4n) is 4.33. The van der Waals surface area contributed by atoms with Crippen molar-refractivity contribution in [2.75, 3.05) is 49.2 Å². The van der Waals surface area contributed by atoms with Crippen LogP contribution in [0.4, 0.5) is 21.0 Å². The van der Waals surface area contributed by atoms with E-state index >= 15 is 0 Å². The van der Waals surface area contributed by atoms with E-state index in [1.54, 1.807) is 9.80 Å². The predicted molar refractivity (Wildman–Crippen MR) is 116 cm³/mol. The summed E-state index contributed by atoms with van der Waals surface area (Å²) in [4.78, 5) is 30.1. The summed E-state index contributed by atoms with van der Waals surface area (Å²) in [6.45, 7) is 2.75. The van der Waals surface area contributed by atoms with Crippen molar-refractivity contribution < 1.29 is 28.9 Å². The Morgan fingerprint density at radius 3 is 2.62 bits per heavy atom. The van der Waals surface area contributed by atoms with Crippen molar-refractivity contribution in [3.05, 3.63) is 54.1 Å². The second-order valence-electron chi connectivity index (χ2n) is 8.02. The molecule has 2 atom stereocenters. The number of hydrogen-bond donors (Lipinski definition) is 1. The molecule has 0 saturated carbocycles. The Labute approximate surface area is 185 Å². The van der Waals surface area contributed by atoms with E-state index in [4.69, 9.17) is 14.2 Å². The molecule has 5 rings (SSSR count). The minimum Gasteiger partial charge on any atom is -0.489 e. The Hall–Kier alpha value is -3.46. The van der Waals surface area contributed by atoms with Crippen molar-refractivity contribution in [1.29, 1.82) is 0 Å². The molecule has 168 valence electrons. The van der Waals surface area contributed by atoms with Crippen molar-refractivity contribution in [2.24, 2.45) is 0 Å². The maximum absolute atomic E-state index is 12.4. The van der Waals surface area contributed by atoms with Gasteiger partial charge in [-0.15, -0.1) is 0 Å². The maximum Gasteiger partial charge on any atom is 0.415 e. The monoisotopic (exact) mass is 439 g/mol. The van der Waals surface area contributed by atoms with Crippen LogP contribution in [0.5, 0.6) is 5.75 Å². The molecular formula is C23H25N3O6. The van der Waals surface area contributed by atoms with Crippen LogP contribution in [-0.2, 0) is 16.1 Å². The van der Waals surface area contributed by atoms with Crippen LogP contribution in [0.25, 0.3) is 0 Å². The van der Waals surface area contributed by atoms with Gasteiger partial charge in [-0.1, -0.05) is 30.3 Å². The third-order valence-electron chi connectivity index (χ3n) is 6.11. The lowest BCUT2D eigenvalue weighted by Crippen LogP contribution is -2.49. The van der Waals surface area contributed by atoms with Gasteiger partial charge >= 0.3 is 12.2 Å². The first kappa shape index (κ1) is 20.4. The average Bonchev–Trinajstić information content (AvgIpc) is 3.19. The summed E-state index contributed by atoms with van der Waals surface area (Å²) in [5, 5.41) is 9.43. The molecule has 2 aromatic carbocycles. The van der Waals surface area contributed by atoms with Crippen LogP contribution in [0.2, 0.25) is 0 Å². The molecular weight excluding hydrogens is 414 g/mol. The number of hydrogen-bond acceptors (Lipinski definition) is 7. The van der Waals surface area contributed by atoms with E-state index in [9.17, 15) is 14.7 Å². The van der Waals surface area contributed by atoms with Gasteiger partial charge in [0, 0.05) is 37.9 Å². The van der Waals surface area contributed by atoms with E-state index in [2.05, 4.69) is 4.90 Å². The zero-order valence-electron chi connectivity index (χ0n) is 17.6. The highest BCUT2D eigenvalue weighted by molar-refractivity contribution is 5.93. The second kappa shape index (κ2) is 8.58. The first-order valence-corrected chi connectivity index (χ1v) is 10.7. The number of anilines is 2. The molecule has 0 aromatic heterocycles. The van der Waals surface area contributed by atoms with Crippen LogP contribution in [0, 0.1) is 0 Å². The van der Waals surface area contributed by atoms with E-state index in [0.717, 1.165) is 11.3 Å². The minimum atomic E-state index is -0.579. The van der Waals surface area contributed by atoms with Crippen molar-refractivity contribution in [3.8, 4) is 5.75 Å². The van der Waals surface area contributed by atoms with E-state index in [1.165, 1.54) is 0 Å². The number of cyclic esters (lactones) is 1. The zero-order valence-corrected chi connectivity index (χ0v) is 17.6. The SMILES string of the molecule is O=C(OCc1ccccc1)N1CCN(c2ccc3c(c2)OC[C@H]2[C@H](CO)OC(=O)N32)CC1. The molecule has 3 aliphatic heterocycles. The fourth-order valence-corrected chi connectivity index (χ4v) is 4.33. The Morgan fingerprint density at radius 2 is 1.88 bits per heavy atom. The maximum atomic E-state index is 12.4. The van der Waals surface area contributed by atoms with Crippen molar-refractivity contribution in [3.63, 3.8) is 0 Å². The molecule has 1 N–H and O–H groups in total. The van der Waals surface area contributed by atoms with Gasteiger partial charge in [-0.25, -0.2) is 9.59 Å². The van der Waals surface area contributed by atoms with Gasteiger partial charge in [-0.2, -0.15) is 0 Å². The topological polar surface area (TPSA) is 91.8 Å². The summed E-state index contributed by atoms with van der Waals surface area (Å²) in [5.74, 6) is 0.610. The largest absolute Gasteiger partial charge is 0.489 e. The molecule has 9 heteroatoms. The van der Waals surface area contributed by atoms with Gasteiger partial charge in [-0.3, -0.25) is 4.90 Å². The van der Waals surface area contributed by atoms with Gasteiger partial charge in [0.1, 0.15) is 25.0 Å². The van der Waals surface area contributed by atoms with Crippen LogP contribution in [-0.4, -0.2) is 73.7 Å². The summed E-state index contributed by atoms with van der Waals surface area (Å²) in [6.07, 6.45) is -1.35. The van der Waals surface area contributed by atoms with E-state index in [1.807, 2.05) is 48.5 Å². The smallest absolute Gasteiger partial charge is 0.415 e. The van der Waals surface area contributed by atoms with Gasteiger partial charge in [0.05, 0.1) is 12.3 Å². The quantitative estimate of drug-likeness (QED) is 0.781. The highest BCUT2D eigenvalue weighted by atomic mass is 16.6. The molecule has 2 saturated heterocycles. The molecule has 2 aromatic rings. The number of ether oxygens (including phenoxy) is 3. The number of aliphatic hydroxyl groups excluding tert-OH is 1. The average molecular weight is 439 g/mol. The molecule has 0 bridgehead atoms. The molecule has 0 unspecified atom stereocenters. The highest BCUT2D eigenvalue weighted by Crippen LogP contribution is 2.40. The number of rotatable bonds is 4. The zero-order chi connectivity index (χ0) is 22.1. The van der Waals surface area contributed by atoms with E-state index < -0.39 is 12.2 Å². The van der Waals surface area contributed by atoms with E-state index in [0.29, 0.717) is 37.6 Å².